The summed E-state index contributed by atoms with van der Waals surface area (Å²) in [5, 5.41) is 13.6. The number of hydrogen-bond acceptors (Lipinski definition) is 4. The van der Waals surface area contributed by atoms with Crippen molar-refractivity contribution in [1.82, 2.24) is 14.9 Å². The second-order valence-electron chi connectivity index (χ2n) is 5.82. The maximum Gasteiger partial charge on any atom is 0.231 e. The summed E-state index contributed by atoms with van der Waals surface area (Å²) < 4.78 is 1.94. The van der Waals surface area contributed by atoms with Crippen LogP contribution < -0.4 is 5.32 Å². The van der Waals surface area contributed by atoms with Gasteiger partial charge in [0.2, 0.25) is 5.91 Å². The zero-order valence-electron chi connectivity index (χ0n) is 12.8. The number of benzene rings is 1. The van der Waals surface area contributed by atoms with Gasteiger partial charge in [0, 0.05) is 12.1 Å². The van der Waals surface area contributed by atoms with Crippen LogP contribution in [0, 0.1) is 11.3 Å². The summed E-state index contributed by atoms with van der Waals surface area (Å²) in [4.78, 5) is 16.7. The van der Waals surface area contributed by atoms with E-state index in [4.69, 9.17) is 11.6 Å². The molecule has 1 aliphatic rings. The van der Waals surface area contributed by atoms with Gasteiger partial charge >= 0.3 is 0 Å². The van der Waals surface area contributed by atoms with Crippen molar-refractivity contribution >= 4 is 40.3 Å². The molecule has 0 bridgehead atoms. The summed E-state index contributed by atoms with van der Waals surface area (Å²) in [6.07, 6.45) is 3.47. The van der Waals surface area contributed by atoms with E-state index in [2.05, 4.69) is 16.4 Å². The van der Waals surface area contributed by atoms with Crippen LogP contribution >= 0.6 is 23.4 Å². The molecule has 0 spiro atoms. The van der Waals surface area contributed by atoms with E-state index in [1.807, 2.05) is 29.8 Å². The molecular weight excluding hydrogens is 332 g/mol. The molecule has 0 radical (unpaired) electrons. The van der Waals surface area contributed by atoms with Crippen LogP contribution in [0.5, 0.6) is 0 Å². The van der Waals surface area contributed by atoms with E-state index in [9.17, 15) is 10.1 Å². The molecule has 1 heterocycles. The van der Waals surface area contributed by atoms with Crippen molar-refractivity contribution in [2.24, 2.45) is 7.05 Å². The predicted molar refractivity (Wildman–Crippen MR) is 91.4 cm³/mol. The number of rotatable bonds is 4. The Balaban J connectivity index is 1.67. The lowest BCUT2D eigenvalue weighted by atomic mass is 10.0. The third-order valence-electron chi connectivity index (χ3n) is 4.18. The molecule has 0 saturated heterocycles. The van der Waals surface area contributed by atoms with Gasteiger partial charge in [-0.25, -0.2) is 4.98 Å². The highest BCUT2D eigenvalue weighted by atomic mass is 35.5. The molecule has 2 aromatic rings. The van der Waals surface area contributed by atoms with E-state index < -0.39 is 5.54 Å². The minimum absolute atomic E-state index is 0.122. The number of carbonyl (C=O) groups is 1. The third-order valence-corrected chi connectivity index (χ3v) is 5.45. The lowest BCUT2D eigenvalue weighted by Crippen LogP contribution is -2.45. The van der Waals surface area contributed by atoms with E-state index in [1.54, 1.807) is 0 Å². The number of nitrogens with zero attached hydrogens (tertiary/aromatic N) is 3. The second-order valence-corrected chi connectivity index (χ2v) is 7.20. The van der Waals surface area contributed by atoms with Gasteiger partial charge in [0.25, 0.3) is 0 Å². The van der Waals surface area contributed by atoms with Gasteiger partial charge in [0.15, 0.2) is 5.16 Å². The molecule has 0 unspecified atom stereocenters. The Hall–Kier alpha value is -1.71. The van der Waals surface area contributed by atoms with Crippen LogP contribution in [-0.4, -0.2) is 26.8 Å². The van der Waals surface area contributed by atoms with Crippen LogP contribution in [0.2, 0.25) is 5.02 Å². The molecule has 120 valence electrons. The fraction of sp³-hybridized carbons (Fsp3) is 0.438. The van der Waals surface area contributed by atoms with Crippen molar-refractivity contribution in [2.45, 2.75) is 36.4 Å². The molecule has 1 aromatic carbocycles. The standard InChI is InChI=1S/C16H17ClN4OS/c1-21-13-5-4-11(17)8-12(13)19-15(21)23-9-14(22)20-16(10-18)6-2-3-7-16/h4-5,8H,2-3,6-7,9H2,1H3,(H,20,22). The van der Waals surface area contributed by atoms with Crippen molar-refractivity contribution in [3.05, 3.63) is 23.2 Å². The van der Waals surface area contributed by atoms with E-state index >= 15 is 0 Å². The highest BCUT2D eigenvalue weighted by molar-refractivity contribution is 7.99. The number of fused-ring (bicyclic) bond motifs is 1. The van der Waals surface area contributed by atoms with Crippen LogP contribution in [0.3, 0.4) is 0 Å². The summed E-state index contributed by atoms with van der Waals surface area (Å²) >= 11 is 7.35. The summed E-state index contributed by atoms with van der Waals surface area (Å²) in [5.41, 5.74) is 1.12. The Morgan fingerprint density at radius 3 is 2.96 bits per heavy atom. The van der Waals surface area contributed by atoms with E-state index in [0.717, 1.165) is 41.9 Å². The van der Waals surface area contributed by atoms with E-state index in [-0.39, 0.29) is 11.7 Å². The first-order valence-corrected chi connectivity index (χ1v) is 8.86. The normalized spacial score (nSPS) is 16.4. The summed E-state index contributed by atoms with van der Waals surface area (Å²) in [7, 11) is 1.91. The van der Waals surface area contributed by atoms with Crippen LogP contribution in [0.4, 0.5) is 0 Å². The molecule has 1 N–H and O–H groups in total. The monoisotopic (exact) mass is 348 g/mol. The number of thioether (sulfide) groups is 1. The number of imidazole rings is 1. The molecule has 1 fully saturated rings. The summed E-state index contributed by atoms with van der Waals surface area (Å²) in [6, 6.07) is 7.82. The predicted octanol–water partition coefficient (Wildman–Crippen LogP) is 3.27. The van der Waals surface area contributed by atoms with Gasteiger partial charge in [-0.3, -0.25) is 4.79 Å². The molecule has 1 saturated carbocycles. The quantitative estimate of drug-likeness (QED) is 0.861. The Morgan fingerprint density at radius 2 is 2.26 bits per heavy atom. The van der Waals surface area contributed by atoms with Gasteiger partial charge in [-0.05, 0) is 43.9 Å². The maximum atomic E-state index is 12.2. The number of nitrogens with one attached hydrogen (secondary N) is 1. The Bertz CT molecular complexity index is 789. The molecule has 0 aliphatic heterocycles. The van der Waals surface area contributed by atoms with Crippen molar-refractivity contribution in [3.63, 3.8) is 0 Å². The smallest absolute Gasteiger partial charge is 0.231 e. The lowest BCUT2D eigenvalue weighted by molar-refractivity contribution is -0.119. The van der Waals surface area contributed by atoms with Crippen LogP contribution in [0.25, 0.3) is 11.0 Å². The van der Waals surface area contributed by atoms with Gasteiger partial charge in [0.05, 0.1) is 22.9 Å². The average molecular weight is 349 g/mol. The zero-order valence-corrected chi connectivity index (χ0v) is 14.4. The maximum absolute atomic E-state index is 12.2. The van der Waals surface area contributed by atoms with Crippen molar-refractivity contribution < 1.29 is 4.79 Å². The molecule has 7 heteroatoms. The fourth-order valence-corrected chi connectivity index (χ4v) is 3.91. The van der Waals surface area contributed by atoms with Crippen LogP contribution in [0.1, 0.15) is 25.7 Å². The Morgan fingerprint density at radius 1 is 1.52 bits per heavy atom. The summed E-state index contributed by atoms with van der Waals surface area (Å²) in [6.45, 7) is 0. The van der Waals surface area contributed by atoms with Gasteiger partial charge in [0.1, 0.15) is 5.54 Å². The highest BCUT2D eigenvalue weighted by Gasteiger charge is 2.35. The van der Waals surface area contributed by atoms with Gasteiger partial charge in [-0.1, -0.05) is 23.4 Å². The third kappa shape index (κ3) is 3.31. The second kappa shape index (κ2) is 6.42. The molecule has 1 aromatic heterocycles. The molecule has 23 heavy (non-hydrogen) atoms. The number of nitriles is 1. The number of amides is 1. The van der Waals surface area contributed by atoms with Gasteiger partial charge in [-0.2, -0.15) is 5.26 Å². The highest BCUT2D eigenvalue weighted by Crippen LogP contribution is 2.29. The number of aromatic nitrogens is 2. The van der Waals surface area contributed by atoms with Crippen molar-refractivity contribution in [2.75, 3.05) is 5.75 Å². The van der Waals surface area contributed by atoms with Crippen molar-refractivity contribution in [3.8, 4) is 6.07 Å². The first kappa shape index (κ1) is 16.2. The molecule has 1 amide bonds. The molecule has 0 atom stereocenters. The number of hydrogen-bond donors (Lipinski definition) is 1. The fourth-order valence-electron chi connectivity index (χ4n) is 2.96. The zero-order chi connectivity index (χ0) is 16.4. The largest absolute Gasteiger partial charge is 0.337 e. The van der Waals surface area contributed by atoms with Gasteiger partial charge < -0.3 is 9.88 Å². The minimum Gasteiger partial charge on any atom is -0.337 e. The average Bonchev–Trinajstić information content (AvgIpc) is 3.11. The summed E-state index contributed by atoms with van der Waals surface area (Å²) in [5.74, 6) is 0.123. The van der Waals surface area contributed by atoms with Crippen molar-refractivity contribution in [1.29, 1.82) is 5.26 Å². The topological polar surface area (TPSA) is 70.7 Å². The lowest BCUT2D eigenvalue weighted by Gasteiger charge is -2.21. The molecule has 3 rings (SSSR count). The van der Waals surface area contributed by atoms with E-state index in [0.29, 0.717) is 5.02 Å². The van der Waals surface area contributed by atoms with Crippen LogP contribution in [0.15, 0.2) is 23.4 Å². The molecule has 1 aliphatic carbocycles. The number of halogens is 1. The molecule has 5 nitrogen and oxygen atoms in total. The van der Waals surface area contributed by atoms with E-state index in [1.165, 1.54) is 11.8 Å². The first-order chi connectivity index (χ1) is 11.0. The van der Waals surface area contributed by atoms with Gasteiger partial charge in [-0.15, -0.1) is 0 Å². The minimum atomic E-state index is -0.669. The number of aryl methyl sites for hydroxylation is 1. The Labute approximate surface area is 144 Å². The SMILES string of the molecule is Cn1c(SCC(=O)NC2(C#N)CCCC2)nc2cc(Cl)ccc21. The Kier molecular flexibility index (Phi) is 4.51. The first-order valence-electron chi connectivity index (χ1n) is 7.50. The number of carbonyl (C=O) groups excluding carboxylic acids is 1. The molecular formula is C16H17ClN4OS. The van der Waals surface area contributed by atoms with Crippen LogP contribution in [-0.2, 0) is 11.8 Å².